The van der Waals surface area contributed by atoms with Gasteiger partial charge in [0.2, 0.25) is 0 Å². The molecule has 2 fully saturated rings. The van der Waals surface area contributed by atoms with Gasteiger partial charge in [-0.3, -0.25) is 9.36 Å². The quantitative estimate of drug-likeness (QED) is 0.375. The van der Waals surface area contributed by atoms with E-state index in [0.717, 1.165) is 38.8 Å². The highest BCUT2D eigenvalue weighted by Crippen LogP contribution is 2.27. The molecule has 0 spiro atoms. The van der Waals surface area contributed by atoms with Crippen LogP contribution in [0.5, 0.6) is 0 Å². The minimum absolute atomic E-state index is 0.0460. The zero-order chi connectivity index (χ0) is 25.0. The molecule has 1 unspecified atom stereocenters. The van der Waals surface area contributed by atoms with Crippen LogP contribution in [0.3, 0.4) is 0 Å². The predicted molar refractivity (Wildman–Crippen MR) is 131 cm³/mol. The number of halogens is 1. The molecule has 10 nitrogen and oxygen atoms in total. The van der Waals surface area contributed by atoms with E-state index >= 15 is 0 Å². The molecule has 0 radical (unpaired) electrons. The number of aliphatic hydroxyl groups is 2. The number of aliphatic hydroxyl groups excluding tert-OH is 1. The molecule has 192 valence electrons. The Bertz CT molecular complexity index is 1090. The molecule has 35 heavy (non-hydrogen) atoms. The number of amides is 1. The third-order valence-corrected chi connectivity index (χ3v) is 7.09. The number of ether oxygens (including phenoxy) is 1. The molecule has 2 aromatic rings. The number of benzene rings is 1. The lowest BCUT2D eigenvalue weighted by Gasteiger charge is -2.28. The van der Waals surface area contributed by atoms with Gasteiger partial charge in [0.15, 0.2) is 0 Å². The minimum Gasteiger partial charge on any atom is -0.389 e. The highest BCUT2D eigenvalue weighted by Gasteiger charge is 2.29. The topological polar surface area (TPSA) is 131 Å². The molecule has 2 aliphatic rings. The van der Waals surface area contributed by atoms with E-state index in [9.17, 15) is 19.8 Å². The summed E-state index contributed by atoms with van der Waals surface area (Å²) in [6.07, 6.45) is 4.60. The van der Waals surface area contributed by atoms with Crippen molar-refractivity contribution in [2.24, 2.45) is 0 Å². The van der Waals surface area contributed by atoms with E-state index in [-0.39, 0.29) is 36.4 Å². The third-order valence-electron chi connectivity index (χ3n) is 6.76. The first-order valence-corrected chi connectivity index (χ1v) is 12.6. The second-order valence-corrected chi connectivity index (χ2v) is 10.0. The van der Waals surface area contributed by atoms with Gasteiger partial charge in [-0.1, -0.05) is 37.3 Å². The number of nitrogens with one attached hydrogen (secondary N) is 2. The average Bonchev–Trinajstić information content (AvgIpc) is 2.95. The van der Waals surface area contributed by atoms with Crippen LogP contribution in [0.15, 0.2) is 23.0 Å². The van der Waals surface area contributed by atoms with E-state index in [1.807, 2.05) is 0 Å². The van der Waals surface area contributed by atoms with Gasteiger partial charge >= 0.3 is 5.69 Å². The van der Waals surface area contributed by atoms with Crippen molar-refractivity contribution in [1.82, 2.24) is 25.0 Å². The van der Waals surface area contributed by atoms with Crippen molar-refractivity contribution in [3.63, 3.8) is 0 Å². The van der Waals surface area contributed by atoms with E-state index in [4.69, 9.17) is 16.3 Å². The molecule has 1 atom stereocenters. The Morgan fingerprint density at radius 2 is 2.03 bits per heavy atom. The highest BCUT2D eigenvalue weighted by molar-refractivity contribution is 6.33. The normalized spacial score (nSPS) is 19.1. The molecule has 0 bridgehead atoms. The fourth-order valence-corrected chi connectivity index (χ4v) is 4.69. The lowest BCUT2D eigenvalue weighted by Crippen LogP contribution is -2.49. The number of carbonyl (C=O) groups excluding carboxylic acids is 1. The van der Waals surface area contributed by atoms with Crippen LogP contribution in [0, 0.1) is 6.92 Å². The monoisotopic (exact) mass is 507 g/mol. The van der Waals surface area contributed by atoms with Crippen LogP contribution < -0.4 is 16.3 Å². The first-order valence-electron chi connectivity index (χ1n) is 12.2. The summed E-state index contributed by atoms with van der Waals surface area (Å²) >= 11 is 6.30. The van der Waals surface area contributed by atoms with Gasteiger partial charge in [-0.05, 0) is 38.0 Å². The molecule has 1 amide bonds. The number of nitrogens with zero attached hydrogens (tertiary/aromatic N) is 3. The second-order valence-electron chi connectivity index (χ2n) is 9.60. The van der Waals surface area contributed by atoms with Crippen molar-refractivity contribution in [1.29, 1.82) is 0 Å². The van der Waals surface area contributed by atoms with Gasteiger partial charge < -0.3 is 25.6 Å². The maximum Gasteiger partial charge on any atom is 0.350 e. The van der Waals surface area contributed by atoms with Crippen molar-refractivity contribution < 1.29 is 19.7 Å². The molecule has 1 aliphatic heterocycles. The number of aryl methyl sites for hydroxylation is 1. The molecular weight excluding hydrogens is 474 g/mol. The first-order chi connectivity index (χ1) is 16.8. The molecule has 4 N–H and O–H groups in total. The number of rotatable bonds is 9. The van der Waals surface area contributed by atoms with Crippen LogP contribution in [0.2, 0.25) is 5.02 Å². The molecule has 1 saturated heterocycles. The van der Waals surface area contributed by atoms with Crippen LogP contribution in [0.4, 0.5) is 0 Å². The van der Waals surface area contributed by atoms with Crippen molar-refractivity contribution in [3.8, 4) is 5.69 Å². The summed E-state index contributed by atoms with van der Waals surface area (Å²) < 4.78 is 8.15. The van der Waals surface area contributed by atoms with Gasteiger partial charge in [-0.2, -0.15) is 9.78 Å². The summed E-state index contributed by atoms with van der Waals surface area (Å²) in [5.74, 6) is 0.00711. The molecule has 2 heterocycles. The minimum atomic E-state index is -0.914. The lowest BCUT2D eigenvalue weighted by atomic mass is 9.94. The Balaban J connectivity index is 1.46. The molecule has 1 aliphatic carbocycles. The number of aromatic nitrogens is 3. The van der Waals surface area contributed by atoms with E-state index in [0.29, 0.717) is 24.4 Å². The fourth-order valence-electron chi connectivity index (χ4n) is 4.49. The standard InChI is InChI=1S/C24H34ClN5O5/c1-16-28-30(23(33)29(16)13-18(31)14-35-19-11-26-12-19)17-6-7-21(25)20(10-17)22(32)27-15-24(34)8-4-2-3-5-9-24/h6-7,10,18-19,26,31,34H,2-5,8-9,11-15H2,1H3,(H,27,32). The predicted octanol–water partition coefficient (Wildman–Crippen LogP) is 1.16. The first kappa shape index (κ1) is 25.8. The number of hydrogen-bond acceptors (Lipinski definition) is 7. The number of carbonyl (C=O) groups is 1. The van der Waals surface area contributed by atoms with Gasteiger partial charge in [0.25, 0.3) is 5.91 Å². The van der Waals surface area contributed by atoms with Crippen LogP contribution in [0.1, 0.15) is 54.7 Å². The van der Waals surface area contributed by atoms with Gasteiger partial charge in [0, 0.05) is 19.6 Å². The molecular formula is C24H34ClN5O5. The molecule has 1 saturated carbocycles. The van der Waals surface area contributed by atoms with E-state index < -0.39 is 23.3 Å². The number of hydrogen-bond donors (Lipinski definition) is 4. The van der Waals surface area contributed by atoms with E-state index in [2.05, 4.69) is 15.7 Å². The third kappa shape index (κ3) is 6.31. The fraction of sp³-hybridized carbons (Fsp3) is 0.625. The van der Waals surface area contributed by atoms with Crippen molar-refractivity contribution in [2.75, 3.05) is 26.2 Å². The summed E-state index contributed by atoms with van der Waals surface area (Å²) in [7, 11) is 0. The molecule has 11 heteroatoms. The van der Waals surface area contributed by atoms with Crippen LogP contribution in [-0.2, 0) is 11.3 Å². The second kappa shape index (κ2) is 11.2. The highest BCUT2D eigenvalue weighted by atomic mass is 35.5. The van der Waals surface area contributed by atoms with Crippen LogP contribution >= 0.6 is 11.6 Å². The van der Waals surface area contributed by atoms with Crippen molar-refractivity contribution in [3.05, 3.63) is 45.1 Å². The summed E-state index contributed by atoms with van der Waals surface area (Å²) in [6.45, 7) is 3.52. The summed E-state index contributed by atoms with van der Waals surface area (Å²) in [4.78, 5) is 25.9. The summed E-state index contributed by atoms with van der Waals surface area (Å²) in [5, 5.41) is 31.6. The maximum atomic E-state index is 13.0. The molecule has 1 aromatic heterocycles. The summed E-state index contributed by atoms with van der Waals surface area (Å²) in [5.41, 5.74) is -0.773. The SMILES string of the molecule is Cc1nn(-c2ccc(Cl)c(C(=O)NCC3(O)CCCCCC3)c2)c(=O)n1CC(O)COC1CNC1. The van der Waals surface area contributed by atoms with E-state index in [1.165, 1.54) is 15.3 Å². The maximum absolute atomic E-state index is 13.0. The van der Waals surface area contributed by atoms with Crippen LogP contribution in [0.25, 0.3) is 5.69 Å². The Hall–Kier alpha value is -2.24. The van der Waals surface area contributed by atoms with E-state index in [1.54, 1.807) is 19.1 Å². The van der Waals surface area contributed by atoms with Crippen molar-refractivity contribution in [2.45, 2.75) is 69.8 Å². The van der Waals surface area contributed by atoms with Gasteiger partial charge in [0.1, 0.15) is 5.82 Å². The Kier molecular flexibility index (Phi) is 8.28. The smallest absolute Gasteiger partial charge is 0.350 e. The van der Waals surface area contributed by atoms with Crippen LogP contribution in [-0.4, -0.2) is 74.5 Å². The Morgan fingerprint density at radius 1 is 1.31 bits per heavy atom. The molecule has 4 rings (SSSR count). The molecule has 1 aromatic carbocycles. The van der Waals surface area contributed by atoms with Gasteiger partial charge in [0.05, 0.1) is 47.2 Å². The zero-order valence-corrected chi connectivity index (χ0v) is 20.8. The summed E-state index contributed by atoms with van der Waals surface area (Å²) in [6, 6.07) is 4.66. The van der Waals surface area contributed by atoms with Gasteiger partial charge in [-0.15, -0.1) is 0 Å². The zero-order valence-electron chi connectivity index (χ0n) is 20.0. The van der Waals surface area contributed by atoms with Crippen molar-refractivity contribution >= 4 is 17.5 Å². The largest absolute Gasteiger partial charge is 0.389 e. The average molecular weight is 508 g/mol. The Morgan fingerprint density at radius 3 is 2.69 bits per heavy atom. The lowest BCUT2D eigenvalue weighted by molar-refractivity contribution is -0.0347. The Labute approximate surface area is 209 Å². The van der Waals surface area contributed by atoms with Gasteiger partial charge in [-0.25, -0.2) is 4.79 Å².